The largest absolute Gasteiger partial charge is 0.299 e. The molecule has 0 spiro atoms. The zero-order valence-electron chi connectivity index (χ0n) is 15.3. The highest BCUT2D eigenvalue weighted by Gasteiger charge is 2.19. The number of fused-ring (bicyclic) bond motifs is 1. The summed E-state index contributed by atoms with van der Waals surface area (Å²) in [5, 5.41) is 10.9. The molecule has 0 unspecified atom stereocenters. The number of benzene rings is 2. The third-order valence-electron chi connectivity index (χ3n) is 4.81. The number of nitro groups is 1. The number of nitrogens with zero attached hydrogens (tertiary/aromatic N) is 2. The SMILES string of the molecule is O=[N+]([O-])c1ccc2c(c1)CN(CCCCNS(=O)(=O)c1ccccc1Br)CC2. The molecule has 2 aromatic carbocycles. The molecule has 0 radical (unpaired) electrons. The van der Waals surface area contributed by atoms with E-state index in [9.17, 15) is 18.5 Å². The molecule has 0 amide bonds. The second-order valence-corrected chi connectivity index (χ2v) is 9.36. The summed E-state index contributed by atoms with van der Waals surface area (Å²) in [4.78, 5) is 13.1. The van der Waals surface area contributed by atoms with Gasteiger partial charge in [-0.3, -0.25) is 15.0 Å². The van der Waals surface area contributed by atoms with Crippen LogP contribution in [0.5, 0.6) is 0 Å². The maximum absolute atomic E-state index is 12.3. The van der Waals surface area contributed by atoms with E-state index in [4.69, 9.17) is 0 Å². The first kappa shape index (κ1) is 20.9. The number of hydrogen-bond acceptors (Lipinski definition) is 5. The molecule has 0 saturated heterocycles. The Morgan fingerprint density at radius 3 is 2.68 bits per heavy atom. The van der Waals surface area contributed by atoms with Gasteiger partial charge in [0, 0.05) is 36.2 Å². The van der Waals surface area contributed by atoms with E-state index in [0.29, 0.717) is 17.6 Å². The summed E-state index contributed by atoms with van der Waals surface area (Å²) in [5.41, 5.74) is 2.31. The van der Waals surface area contributed by atoms with Gasteiger partial charge in [0.1, 0.15) is 0 Å². The smallest absolute Gasteiger partial charge is 0.269 e. The fraction of sp³-hybridized carbons (Fsp3) is 0.368. The van der Waals surface area contributed by atoms with E-state index in [1.807, 2.05) is 6.07 Å². The minimum Gasteiger partial charge on any atom is -0.299 e. The van der Waals surface area contributed by atoms with E-state index in [-0.39, 0.29) is 15.5 Å². The maximum atomic E-state index is 12.3. The molecule has 2 aromatic rings. The first-order valence-corrected chi connectivity index (χ1v) is 11.4. The molecule has 0 aromatic heterocycles. The third-order valence-corrected chi connectivity index (χ3v) is 7.28. The van der Waals surface area contributed by atoms with Crippen LogP contribution in [0.2, 0.25) is 0 Å². The Labute approximate surface area is 173 Å². The normalized spacial score (nSPS) is 14.6. The fourth-order valence-corrected chi connectivity index (χ4v) is 5.39. The lowest BCUT2D eigenvalue weighted by molar-refractivity contribution is -0.385. The Morgan fingerprint density at radius 1 is 1.14 bits per heavy atom. The standard InChI is InChI=1S/C19H22BrN3O4S/c20-18-5-1-2-6-19(18)28(26,27)21-10-3-4-11-22-12-9-15-7-8-17(23(24)25)13-16(15)14-22/h1-2,5-8,13,21H,3-4,9-12,14H2. The third kappa shape index (κ3) is 5.16. The van der Waals surface area contributed by atoms with Crippen LogP contribution in [0.1, 0.15) is 24.0 Å². The van der Waals surface area contributed by atoms with Gasteiger partial charge in [0.2, 0.25) is 10.0 Å². The summed E-state index contributed by atoms with van der Waals surface area (Å²) in [6.45, 7) is 2.81. The number of nitrogens with one attached hydrogen (secondary N) is 1. The van der Waals surface area contributed by atoms with E-state index in [1.165, 1.54) is 5.56 Å². The van der Waals surface area contributed by atoms with Crippen molar-refractivity contribution in [1.82, 2.24) is 9.62 Å². The Hall–Kier alpha value is -1.81. The molecule has 0 fully saturated rings. The van der Waals surface area contributed by atoms with Crippen molar-refractivity contribution < 1.29 is 13.3 Å². The van der Waals surface area contributed by atoms with Gasteiger partial charge in [-0.25, -0.2) is 13.1 Å². The fourth-order valence-electron chi connectivity index (χ4n) is 3.31. The van der Waals surface area contributed by atoms with Gasteiger partial charge in [0.25, 0.3) is 5.69 Å². The topological polar surface area (TPSA) is 92.6 Å². The highest BCUT2D eigenvalue weighted by Crippen LogP contribution is 2.24. The van der Waals surface area contributed by atoms with Crippen LogP contribution < -0.4 is 4.72 Å². The highest BCUT2D eigenvalue weighted by atomic mass is 79.9. The highest BCUT2D eigenvalue weighted by molar-refractivity contribution is 9.10. The molecule has 1 aliphatic rings. The van der Waals surface area contributed by atoms with E-state index < -0.39 is 10.0 Å². The maximum Gasteiger partial charge on any atom is 0.269 e. The Morgan fingerprint density at radius 2 is 1.93 bits per heavy atom. The van der Waals surface area contributed by atoms with Crippen molar-refractivity contribution >= 4 is 31.6 Å². The lowest BCUT2D eigenvalue weighted by Crippen LogP contribution is -2.32. The van der Waals surface area contributed by atoms with Gasteiger partial charge >= 0.3 is 0 Å². The molecule has 0 atom stereocenters. The predicted octanol–water partition coefficient (Wildman–Crippen LogP) is 3.47. The van der Waals surface area contributed by atoms with Crippen molar-refractivity contribution in [2.45, 2.75) is 30.7 Å². The molecule has 3 rings (SSSR count). The number of rotatable bonds is 8. The average Bonchev–Trinajstić information content (AvgIpc) is 2.67. The number of halogens is 1. The predicted molar refractivity (Wildman–Crippen MR) is 111 cm³/mol. The molecule has 0 bridgehead atoms. The van der Waals surface area contributed by atoms with Gasteiger partial charge in [-0.15, -0.1) is 0 Å². The van der Waals surface area contributed by atoms with Crippen molar-refractivity contribution in [1.29, 1.82) is 0 Å². The molecule has 1 heterocycles. The number of sulfonamides is 1. The number of unbranched alkanes of at least 4 members (excludes halogenated alkanes) is 1. The second-order valence-electron chi connectivity index (χ2n) is 6.77. The first-order valence-electron chi connectivity index (χ1n) is 9.09. The van der Waals surface area contributed by atoms with Gasteiger partial charge in [-0.2, -0.15) is 0 Å². The molecule has 7 nitrogen and oxygen atoms in total. The summed E-state index contributed by atoms with van der Waals surface area (Å²) >= 11 is 3.27. The van der Waals surface area contributed by atoms with Crippen molar-refractivity contribution in [3.8, 4) is 0 Å². The molecular formula is C19H22BrN3O4S. The van der Waals surface area contributed by atoms with Crippen LogP contribution in [0.15, 0.2) is 51.8 Å². The minimum absolute atomic E-state index is 0.127. The van der Waals surface area contributed by atoms with E-state index in [0.717, 1.165) is 37.9 Å². The molecule has 150 valence electrons. The molecule has 9 heteroatoms. The summed E-state index contributed by atoms with van der Waals surface area (Å²) < 4.78 is 27.9. The second kappa shape index (κ2) is 9.13. The zero-order valence-corrected chi connectivity index (χ0v) is 17.7. The Bertz CT molecular complexity index is 965. The molecule has 28 heavy (non-hydrogen) atoms. The van der Waals surface area contributed by atoms with Crippen LogP contribution in [-0.4, -0.2) is 37.9 Å². The summed E-state index contributed by atoms with van der Waals surface area (Å²) in [7, 11) is -3.52. The molecule has 0 aliphatic carbocycles. The number of non-ortho nitro benzene ring substituents is 1. The van der Waals surface area contributed by atoms with Gasteiger partial charge in [-0.05, 0) is 65.0 Å². The average molecular weight is 468 g/mol. The van der Waals surface area contributed by atoms with E-state index >= 15 is 0 Å². The van der Waals surface area contributed by atoms with Gasteiger partial charge in [0.05, 0.1) is 9.82 Å². The Balaban J connectivity index is 1.46. The van der Waals surface area contributed by atoms with Gasteiger partial charge in [0.15, 0.2) is 0 Å². The van der Waals surface area contributed by atoms with Crippen LogP contribution in [-0.2, 0) is 23.0 Å². The van der Waals surface area contributed by atoms with Crippen molar-refractivity contribution in [3.05, 3.63) is 68.2 Å². The van der Waals surface area contributed by atoms with E-state index in [1.54, 1.807) is 36.4 Å². The van der Waals surface area contributed by atoms with Gasteiger partial charge < -0.3 is 0 Å². The summed E-state index contributed by atoms with van der Waals surface area (Å²) in [6.07, 6.45) is 2.45. The lowest BCUT2D eigenvalue weighted by atomic mass is 9.99. The van der Waals surface area contributed by atoms with Gasteiger partial charge in [-0.1, -0.05) is 18.2 Å². The first-order chi connectivity index (χ1) is 13.4. The van der Waals surface area contributed by atoms with Crippen molar-refractivity contribution in [3.63, 3.8) is 0 Å². The monoisotopic (exact) mass is 467 g/mol. The quantitative estimate of drug-likeness (QED) is 0.364. The van der Waals surface area contributed by atoms with Crippen LogP contribution in [0.25, 0.3) is 0 Å². The minimum atomic E-state index is -3.52. The molecule has 1 N–H and O–H groups in total. The number of nitro benzene ring substituents is 1. The van der Waals surface area contributed by atoms with Crippen molar-refractivity contribution in [2.24, 2.45) is 0 Å². The summed E-state index contributed by atoms with van der Waals surface area (Å²) in [5.74, 6) is 0. The molecular weight excluding hydrogens is 446 g/mol. The Kier molecular flexibility index (Phi) is 6.82. The van der Waals surface area contributed by atoms with Crippen LogP contribution in [0.3, 0.4) is 0 Å². The summed E-state index contributed by atoms with van der Waals surface area (Å²) in [6, 6.07) is 11.8. The van der Waals surface area contributed by atoms with Crippen LogP contribution >= 0.6 is 15.9 Å². The van der Waals surface area contributed by atoms with E-state index in [2.05, 4.69) is 25.6 Å². The molecule has 0 saturated carbocycles. The molecule has 1 aliphatic heterocycles. The van der Waals surface area contributed by atoms with Crippen LogP contribution in [0, 0.1) is 10.1 Å². The number of hydrogen-bond donors (Lipinski definition) is 1. The van der Waals surface area contributed by atoms with Crippen LogP contribution in [0.4, 0.5) is 5.69 Å². The van der Waals surface area contributed by atoms with Crippen molar-refractivity contribution in [2.75, 3.05) is 19.6 Å². The lowest BCUT2D eigenvalue weighted by Gasteiger charge is -2.28. The zero-order chi connectivity index (χ0) is 20.1.